The van der Waals surface area contributed by atoms with Crippen LogP contribution in [0, 0.1) is 0 Å². The Kier molecular flexibility index (Phi) is 5.45. The summed E-state index contributed by atoms with van der Waals surface area (Å²) >= 11 is 0. The second kappa shape index (κ2) is 6.64. The Hall–Kier alpha value is -1.45. The minimum Gasteiger partial charge on any atom is -0.481 e. The number of nitrogens with one attached hydrogen (secondary N) is 1. The Labute approximate surface area is 111 Å². The Morgan fingerprint density at radius 1 is 1.58 bits per heavy atom. The number of carboxylic acid groups (broad SMARTS) is 1. The van der Waals surface area contributed by atoms with Crippen molar-refractivity contribution in [3.8, 4) is 0 Å². The summed E-state index contributed by atoms with van der Waals surface area (Å²) in [4.78, 5) is 10.3. The quantitative estimate of drug-likeness (QED) is 0.588. The number of aliphatic hydroxyl groups excluding tert-OH is 1. The zero-order chi connectivity index (χ0) is 14.5. The number of sulfonamides is 1. The summed E-state index contributed by atoms with van der Waals surface area (Å²) in [5.41, 5.74) is 0. The number of aryl methyl sites for hydroxylation is 1. The average molecular weight is 291 g/mol. The molecule has 1 rings (SSSR count). The van der Waals surface area contributed by atoms with Gasteiger partial charge in [-0.1, -0.05) is 6.92 Å². The molecule has 0 radical (unpaired) electrons. The van der Waals surface area contributed by atoms with Crippen LogP contribution in [0.4, 0.5) is 0 Å². The van der Waals surface area contributed by atoms with Crippen LogP contribution in [0.5, 0.6) is 0 Å². The first kappa shape index (κ1) is 15.6. The van der Waals surface area contributed by atoms with Crippen molar-refractivity contribution in [1.29, 1.82) is 0 Å². The molecule has 1 heterocycles. The Balaban J connectivity index is 2.76. The van der Waals surface area contributed by atoms with Crippen LogP contribution in [-0.4, -0.2) is 47.0 Å². The third-order valence-electron chi connectivity index (χ3n) is 2.51. The molecule has 8 nitrogen and oxygen atoms in total. The zero-order valence-electron chi connectivity index (χ0n) is 10.5. The minimum absolute atomic E-state index is 0.0511. The Morgan fingerprint density at radius 2 is 2.26 bits per heavy atom. The third kappa shape index (κ3) is 4.62. The predicted molar refractivity (Wildman–Crippen MR) is 66.0 cm³/mol. The number of carboxylic acids is 1. The fourth-order valence-corrected chi connectivity index (χ4v) is 2.62. The van der Waals surface area contributed by atoms with Crippen molar-refractivity contribution < 1.29 is 23.4 Å². The van der Waals surface area contributed by atoms with Gasteiger partial charge in [-0.05, 0) is 6.42 Å². The highest BCUT2D eigenvalue weighted by molar-refractivity contribution is 7.89. The lowest BCUT2D eigenvalue weighted by molar-refractivity contribution is -0.137. The summed E-state index contributed by atoms with van der Waals surface area (Å²) in [6, 6.07) is -0.549. The average Bonchev–Trinajstić information content (AvgIpc) is 2.83. The molecule has 0 bridgehead atoms. The monoisotopic (exact) mass is 291 g/mol. The lowest BCUT2D eigenvalue weighted by Gasteiger charge is -2.12. The molecule has 0 aliphatic rings. The number of nitrogens with zero attached hydrogens (tertiary/aromatic N) is 2. The molecule has 1 aromatic heterocycles. The van der Waals surface area contributed by atoms with Crippen LogP contribution in [0.1, 0.15) is 19.8 Å². The van der Waals surface area contributed by atoms with Crippen LogP contribution in [0.25, 0.3) is 0 Å². The van der Waals surface area contributed by atoms with E-state index in [4.69, 9.17) is 10.2 Å². The van der Waals surface area contributed by atoms with Crippen molar-refractivity contribution in [2.24, 2.45) is 0 Å². The summed E-state index contributed by atoms with van der Waals surface area (Å²) < 4.78 is 27.4. The van der Waals surface area contributed by atoms with E-state index >= 15 is 0 Å². The molecule has 1 aromatic rings. The first-order valence-electron chi connectivity index (χ1n) is 5.76. The van der Waals surface area contributed by atoms with E-state index in [1.807, 2.05) is 0 Å². The van der Waals surface area contributed by atoms with E-state index in [1.54, 1.807) is 6.92 Å². The van der Waals surface area contributed by atoms with E-state index in [0.717, 1.165) is 6.20 Å². The highest BCUT2D eigenvalue weighted by Gasteiger charge is 2.20. The topological polar surface area (TPSA) is 122 Å². The van der Waals surface area contributed by atoms with Gasteiger partial charge >= 0.3 is 5.97 Å². The van der Waals surface area contributed by atoms with E-state index in [9.17, 15) is 13.2 Å². The van der Waals surface area contributed by atoms with Crippen LogP contribution in [-0.2, 0) is 21.4 Å². The van der Waals surface area contributed by atoms with Crippen molar-refractivity contribution in [2.45, 2.75) is 37.2 Å². The molecular weight excluding hydrogens is 274 g/mol. The van der Waals surface area contributed by atoms with Gasteiger partial charge < -0.3 is 10.2 Å². The summed E-state index contributed by atoms with van der Waals surface area (Å²) in [6.45, 7) is 1.56. The number of carbonyl (C=O) groups is 1. The normalized spacial score (nSPS) is 13.4. The summed E-state index contributed by atoms with van der Waals surface area (Å²) in [5, 5.41) is 21.3. The van der Waals surface area contributed by atoms with Gasteiger partial charge in [0, 0.05) is 12.2 Å². The maximum atomic E-state index is 11.9. The maximum Gasteiger partial charge on any atom is 0.305 e. The number of hydrogen-bond donors (Lipinski definition) is 3. The second-order valence-corrected chi connectivity index (χ2v) is 5.71. The fraction of sp³-hybridized carbons (Fsp3) is 0.600. The summed E-state index contributed by atoms with van der Waals surface area (Å²) in [6.07, 6.45) is 2.73. The van der Waals surface area contributed by atoms with Gasteiger partial charge in [-0.2, -0.15) is 5.10 Å². The smallest absolute Gasteiger partial charge is 0.305 e. The fourth-order valence-electron chi connectivity index (χ4n) is 1.35. The molecule has 0 aliphatic heterocycles. The number of aliphatic hydroxyl groups is 1. The van der Waals surface area contributed by atoms with Gasteiger partial charge in [0.05, 0.1) is 25.8 Å². The van der Waals surface area contributed by atoms with Gasteiger partial charge in [0.2, 0.25) is 10.0 Å². The van der Waals surface area contributed by atoms with Crippen molar-refractivity contribution >= 4 is 16.0 Å². The first-order valence-corrected chi connectivity index (χ1v) is 7.24. The Bertz CT molecular complexity index is 521. The minimum atomic E-state index is -3.74. The largest absolute Gasteiger partial charge is 0.481 e. The molecule has 3 N–H and O–H groups in total. The molecule has 1 atom stereocenters. The van der Waals surface area contributed by atoms with Crippen LogP contribution in [0.15, 0.2) is 17.3 Å². The Morgan fingerprint density at radius 3 is 2.79 bits per heavy atom. The van der Waals surface area contributed by atoms with Gasteiger partial charge in [-0.15, -0.1) is 0 Å². The number of aromatic nitrogens is 2. The van der Waals surface area contributed by atoms with Crippen LogP contribution in [0.2, 0.25) is 0 Å². The molecule has 19 heavy (non-hydrogen) atoms. The second-order valence-electron chi connectivity index (χ2n) is 3.99. The SMILES string of the molecule is CCC(CO)NS(=O)(=O)c1cnn(CCC(=O)O)c1. The number of rotatable bonds is 8. The van der Waals surface area contributed by atoms with Gasteiger partial charge in [0.1, 0.15) is 4.90 Å². The lowest BCUT2D eigenvalue weighted by Crippen LogP contribution is -2.36. The van der Waals surface area contributed by atoms with Gasteiger partial charge in [-0.3, -0.25) is 9.48 Å². The van der Waals surface area contributed by atoms with Crippen molar-refractivity contribution in [3.05, 3.63) is 12.4 Å². The van der Waals surface area contributed by atoms with E-state index < -0.39 is 22.0 Å². The maximum absolute atomic E-state index is 11.9. The van der Waals surface area contributed by atoms with Crippen molar-refractivity contribution in [1.82, 2.24) is 14.5 Å². The van der Waals surface area contributed by atoms with Gasteiger partial charge in [-0.25, -0.2) is 13.1 Å². The molecule has 108 valence electrons. The van der Waals surface area contributed by atoms with Crippen molar-refractivity contribution in [2.75, 3.05) is 6.61 Å². The number of aliphatic carboxylic acids is 1. The van der Waals surface area contributed by atoms with E-state index in [-0.39, 0.29) is 24.5 Å². The third-order valence-corrected chi connectivity index (χ3v) is 3.98. The molecule has 0 aliphatic carbocycles. The summed E-state index contributed by atoms with van der Waals surface area (Å²) in [5.74, 6) is -0.982. The molecule has 1 unspecified atom stereocenters. The van der Waals surface area contributed by atoms with E-state index in [2.05, 4.69) is 9.82 Å². The summed E-state index contributed by atoms with van der Waals surface area (Å²) in [7, 11) is -3.74. The highest BCUT2D eigenvalue weighted by Crippen LogP contribution is 2.09. The van der Waals surface area contributed by atoms with E-state index in [0.29, 0.717) is 6.42 Å². The molecule has 0 spiro atoms. The molecule has 9 heteroatoms. The molecule has 0 amide bonds. The molecule has 0 aromatic carbocycles. The zero-order valence-corrected chi connectivity index (χ0v) is 11.3. The van der Waals surface area contributed by atoms with Crippen LogP contribution < -0.4 is 4.72 Å². The first-order chi connectivity index (χ1) is 8.89. The van der Waals surface area contributed by atoms with Crippen LogP contribution in [0.3, 0.4) is 0 Å². The van der Waals surface area contributed by atoms with Gasteiger partial charge in [0.15, 0.2) is 0 Å². The van der Waals surface area contributed by atoms with E-state index in [1.165, 1.54) is 10.9 Å². The molecule has 0 fully saturated rings. The molecular formula is C10H17N3O5S. The van der Waals surface area contributed by atoms with Crippen LogP contribution >= 0.6 is 0 Å². The standard InChI is InChI=1S/C10H17N3O5S/c1-2-8(7-14)12-19(17,18)9-5-11-13(6-9)4-3-10(15)16/h5-6,8,12,14H,2-4,7H2,1H3,(H,15,16). The lowest BCUT2D eigenvalue weighted by atomic mass is 10.3. The van der Waals surface area contributed by atoms with Gasteiger partial charge in [0.25, 0.3) is 0 Å². The molecule has 0 saturated carbocycles. The predicted octanol–water partition coefficient (Wildman–Crippen LogP) is -0.593. The highest BCUT2D eigenvalue weighted by atomic mass is 32.2. The van der Waals surface area contributed by atoms with Crippen molar-refractivity contribution in [3.63, 3.8) is 0 Å². The number of hydrogen-bond acceptors (Lipinski definition) is 5. The molecule has 0 saturated heterocycles.